The first-order valence-electron chi connectivity index (χ1n) is 3.63. The second-order valence-electron chi connectivity index (χ2n) is 2.76. The summed E-state index contributed by atoms with van der Waals surface area (Å²) in [6, 6.07) is 2.46. The van der Waals surface area contributed by atoms with E-state index in [0.29, 0.717) is 0 Å². The van der Waals surface area contributed by atoms with Crippen molar-refractivity contribution in [2.45, 2.75) is 31.7 Å². The van der Waals surface area contributed by atoms with Crippen LogP contribution < -0.4 is 0 Å². The predicted octanol–water partition coefficient (Wildman–Crippen LogP) is 1.99. The maximum atomic E-state index is 8.52. The second kappa shape index (κ2) is 3.22. The maximum Gasteiger partial charge on any atom is 0.223 e. The summed E-state index contributed by atoms with van der Waals surface area (Å²) >= 11 is 0. The van der Waals surface area contributed by atoms with Gasteiger partial charge in [-0.2, -0.15) is 5.26 Å². The molecule has 0 aromatic heterocycles. The van der Waals surface area contributed by atoms with Gasteiger partial charge in [-0.25, -0.2) is 6.57 Å². The van der Waals surface area contributed by atoms with E-state index in [1.807, 2.05) is 0 Å². The van der Waals surface area contributed by atoms with Gasteiger partial charge in [0.15, 0.2) is 0 Å². The van der Waals surface area contributed by atoms with E-state index in [1.165, 1.54) is 0 Å². The zero-order chi connectivity index (χ0) is 7.40. The molecule has 1 saturated carbocycles. The molecule has 0 heterocycles. The molecule has 0 saturated heterocycles. The van der Waals surface area contributed by atoms with Gasteiger partial charge in [0.1, 0.15) is 0 Å². The normalized spacial score (nSPS) is 32.2. The molecule has 1 aliphatic rings. The fourth-order valence-electron chi connectivity index (χ4n) is 1.33. The Balaban J connectivity index is 2.34. The summed E-state index contributed by atoms with van der Waals surface area (Å²) in [5, 5.41) is 8.52. The Bertz CT molecular complexity index is 154. The van der Waals surface area contributed by atoms with E-state index in [4.69, 9.17) is 11.8 Å². The van der Waals surface area contributed by atoms with Gasteiger partial charge >= 0.3 is 0 Å². The van der Waals surface area contributed by atoms with E-state index < -0.39 is 0 Å². The standard InChI is InChI=1S/C8H10N2/c1-10-8-4-2-7(6-9)3-5-8/h7-8H,2-5H2. The Morgan fingerprint density at radius 3 is 2.30 bits per heavy atom. The molecule has 0 atom stereocenters. The quantitative estimate of drug-likeness (QED) is 0.465. The van der Waals surface area contributed by atoms with Crippen LogP contribution >= 0.6 is 0 Å². The van der Waals surface area contributed by atoms with Crippen LogP contribution in [0.25, 0.3) is 4.85 Å². The fraction of sp³-hybridized carbons (Fsp3) is 0.750. The average Bonchev–Trinajstić information content (AvgIpc) is 2.05. The molecule has 0 radical (unpaired) electrons. The van der Waals surface area contributed by atoms with Gasteiger partial charge in [-0.05, 0) is 12.8 Å². The third-order valence-electron chi connectivity index (χ3n) is 2.06. The number of hydrogen-bond donors (Lipinski definition) is 0. The number of nitrogens with zero attached hydrogens (tertiary/aromatic N) is 2. The van der Waals surface area contributed by atoms with Crippen molar-refractivity contribution in [3.05, 3.63) is 11.4 Å². The molecule has 0 aromatic rings. The first-order chi connectivity index (χ1) is 4.86. The van der Waals surface area contributed by atoms with Crippen LogP contribution in [0.2, 0.25) is 0 Å². The van der Waals surface area contributed by atoms with Crippen LogP contribution in [0.1, 0.15) is 25.7 Å². The summed E-state index contributed by atoms with van der Waals surface area (Å²) in [6.45, 7) is 6.76. The van der Waals surface area contributed by atoms with Crippen molar-refractivity contribution in [2.75, 3.05) is 0 Å². The molecular formula is C8H10N2. The molecule has 0 unspecified atom stereocenters. The molecule has 2 nitrogen and oxygen atoms in total. The van der Waals surface area contributed by atoms with Crippen LogP contribution in [0.5, 0.6) is 0 Å². The van der Waals surface area contributed by atoms with Crippen molar-refractivity contribution in [3.8, 4) is 6.07 Å². The minimum absolute atomic E-state index is 0.213. The molecule has 0 aliphatic heterocycles. The summed E-state index contributed by atoms with van der Waals surface area (Å²) in [6.07, 6.45) is 3.73. The van der Waals surface area contributed by atoms with Gasteiger partial charge in [-0.15, -0.1) is 0 Å². The molecule has 1 rings (SSSR count). The highest BCUT2D eigenvalue weighted by Crippen LogP contribution is 2.25. The topological polar surface area (TPSA) is 28.1 Å². The average molecular weight is 134 g/mol. The lowest BCUT2D eigenvalue weighted by molar-refractivity contribution is 0.410. The van der Waals surface area contributed by atoms with E-state index >= 15 is 0 Å². The molecule has 0 N–H and O–H groups in total. The SMILES string of the molecule is [C-]#[N+]C1CCC(C#N)CC1. The monoisotopic (exact) mass is 134 g/mol. The molecule has 0 aromatic carbocycles. The fourth-order valence-corrected chi connectivity index (χ4v) is 1.33. The van der Waals surface area contributed by atoms with Crippen LogP contribution in [0.4, 0.5) is 0 Å². The lowest BCUT2D eigenvalue weighted by Gasteiger charge is -2.15. The highest BCUT2D eigenvalue weighted by molar-refractivity contribution is 4.92. The van der Waals surface area contributed by atoms with Crippen molar-refractivity contribution in [2.24, 2.45) is 5.92 Å². The minimum Gasteiger partial charge on any atom is -0.314 e. The largest absolute Gasteiger partial charge is 0.314 e. The zero-order valence-corrected chi connectivity index (χ0v) is 5.88. The van der Waals surface area contributed by atoms with Gasteiger partial charge in [-0.3, -0.25) is 0 Å². The first kappa shape index (κ1) is 7.09. The summed E-state index contributed by atoms with van der Waals surface area (Å²) in [4.78, 5) is 3.46. The first-order valence-corrected chi connectivity index (χ1v) is 3.63. The van der Waals surface area contributed by atoms with Crippen molar-refractivity contribution in [3.63, 3.8) is 0 Å². The van der Waals surface area contributed by atoms with E-state index in [-0.39, 0.29) is 12.0 Å². The van der Waals surface area contributed by atoms with Crippen LogP contribution in [-0.2, 0) is 0 Å². The van der Waals surface area contributed by atoms with Gasteiger partial charge in [0.2, 0.25) is 6.04 Å². The summed E-state index contributed by atoms with van der Waals surface area (Å²) in [5.74, 6) is 0.234. The van der Waals surface area contributed by atoms with Crippen molar-refractivity contribution >= 4 is 0 Å². The van der Waals surface area contributed by atoms with E-state index in [9.17, 15) is 0 Å². The minimum atomic E-state index is 0.213. The smallest absolute Gasteiger partial charge is 0.223 e. The highest BCUT2D eigenvalue weighted by atomic mass is 14.7. The van der Waals surface area contributed by atoms with Crippen LogP contribution in [-0.4, -0.2) is 6.04 Å². The molecule has 1 aliphatic carbocycles. The molecule has 52 valence electrons. The molecule has 10 heavy (non-hydrogen) atoms. The van der Waals surface area contributed by atoms with E-state index in [2.05, 4.69) is 10.9 Å². The molecule has 0 amide bonds. The zero-order valence-electron chi connectivity index (χ0n) is 5.88. The summed E-state index contributed by atoms with van der Waals surface area (Å²) in [7, 11) is 0. The summed E-state index contributed by atoms with van der Waals surface area (Å²) in [5.41, 5.74) is 0. The van der Waals surface area contributed by atoms with Crippen molar-refractivity contribution in [1.29, 1.82) is 5.26 Å². The number of hydrogen-bond acceptors (Lipinski definition) is 1. The van der Waals surface area contributed by atoms with Crippen LogP contribution in [0, 0.1) is 23.8 Å². The van der Waals surface area contributed by atoms with E-state index in [1.54, 1.807) is 0 Å². The second-order valence-corrected chi connectivity index (χ2v) is 2.76. The third kappa shape index (κ3) is 1.48. The van der Waals surface area contributed by atoms with Gasteiger partial charge < -0.3 is 4.85 Å². The van der Waals surface area contributed by atoms with Gasteiger partial charge in [0.05, 0.1) is 6.07 Å². The van der Waals surface area contributed by atoms with E-state index in [0.717, 1.165) is 25.7 Å². The van der Waals surface area contributed by atoms with Crippen molar-refractivity contribution < 1.29 is 0 Å². The molecule has 1 fully saturated rings. The van der Waals surface area contributed by atoms with Crippen molar-refractivity contribution in [1.82, 2.24) is 0 Å². The van der Waals surface area contributed by atoms with Crippen LogP contribution in [0.15, 0.2) is 0 Å². The Morgan fingerprint density at radius 1 is 1.30 bits per heavy atom. The lowest BCUT2D eigenvalue weighted by atomic mass is 9.87. The molecule has 0 bridgehead atoms. The number of nitriles is 1. The molecule has 2 heteroatoms. The van der Waals surface area contributed by atoms with Crippen LogP contribution in [0.3, 0.4) is 0 Å². The Kier molecular flexibility index (Phi) is 2.29. The highest BCUT2D eigenvalue weighted by Gasteiger charge is 2.23. The lowest BCUT2D eigenvalue weighted by Crippen LogP contribution is -2.14. The third-order valence-corrected chi connectivity index (χ3v) is 2.06. The van der Waals surface area contributed by atoms with Gasteiger partial charge in [-0.1, -0.05) is 0 Å². The predicted molar refractivity (Wildman–Crippen MR) is 38.0 cm³/mol. The Hall–Kier alpha value is -1.02. The Labute approximate surface area is 61.3 Å². The summed E-state index contributed by atoms with van der Waals surface area (Å²) < 4.78 is 0. The number of rotatable bonds is 0. The van der Waals surface area contributed by atoms with Gasteiger partial charge in [0, 0.05) is 18.8 Å². The maximum absolute atomic E-state index is 8.52. The molecule has 0 spiro atoms. The Morgan fingerprint density at radius 2 is 1.90 bits per heavy atom. The molecular weight excluding hydrogens is 124 g/mol. The van der Waals surface area contributed by atoms with Gasteiger partial charge in [0.25, 0.3) is 0 Å².